The third kappa shape index (κ3) is 3.93. The molecule has 7 nitrogen and oxygen atoms in total. The third-order valence-electron chi connectivity index (χ3n) is 6.53. The molecule has 1 N–H and O–H groups in total. The van der Waals surface area contributed by atoms with Crippen LogP contribution in [0.15, 0.2) is 83.6 Å². The normalized spacial score (nSPS) is 16.3. The van der Waals surface area contributed by atoms with Gasteiger partial charge in [-0.25, -0.2) is 9.18 Å². The standard InChI is InChI=1S/C27H22ClFN4O3/c28-19-15-17(9-12-20(19)29)30-27(35)32(18-10-11-18)16-25(34)33-22-6-2-1-5-21(22)31-13-3-7-23(31)26(33)24-8-4-14-36-24/h1-9,12-15,18,26H,10-11,16H2,(H,30,35). The first-order valence-electron chi connectivity index (χ1n) is 11.7. The maximum Gasteiger partial charge on any atom is 0.322 e. The van der Waals surface area contributed by atoms with E-state index >= 15 is 0 Å². The number of urea groups is 1. The van der Waals surface area contributed by atoms with Crippen molar-refractivity contribution in [1.29, 1.82) is 0 Å². The number of rotatable bonds is 5. The fraction of sp³-hybridized carbons (Fsp3) is 0.185. The summed E-state index contributed by atoms with van der Waals surface area (Å²) < 4.78 is 21.4. The van der Waals surface area contributed by atoms with E-state index in [9.17, 15) is 14.0 Å². The number of hydrogen-bond acceptors (Lipinski definition) is 3. The number of amides is 3. The Balaban J connectivity index is 1.33. The van der Waals surface area contributed by atoms with Gasteiger partial charge in [-0.15, -0.1) is 0 Å². The zero-order valence-corrected chi connectivity index (χ0v) is 19.9. The van der Waals surface area contributed by atoms with Crippen LogP contribution in [-0.4, -0.2) is 34.0 Å². The summed E-state index contributed by atoms with van der Waals surface area (Å²) >= 11 is 5.87. The third-order valence-corrected chi connectivity index (χ3v) is 6.82. The van der Waals surface area contributed by atoms with Crippen molar-refractivity contribution in [3.05, 3.63) is 101 Å². The lowest BCUT2D eigenvalue weighted by atomic mass is 10.0. The van der Waals surface area contributed by atoms with Crippen molar-refractivity contribution in [3.8, 4) is 5.69 Å². The van der Waals surface area contributed by atoms with Crippen LogP contribution in [-0.2, 0) is 4.79 Å². The van der Waals surface area contributed by atoms with E-state index in [4.69, 9.17) is 16.0 Å². The average molecular weight is 505 g/mol. The Morgan fingerprint density at radius 1 is 1.06 bits per heavy atom. The van der Waals surface area contributed by atoms with E-state index in [1.54, 1.807) is 17.2 Å². The van der Waals surface area contributed by atoms with Gasteiger partial charge in [0.05, 0.1) is 28.4 Å². The summed E-state index contributed by atoms with van der Waals surface area (Å²) in [5.74, 6) is -0.182. The topological polar surface area (TPSA) is 70.7 Å². The second-order valence-electron chi connectivity index (χ2n) is 8.89. The fourth-order valence-corrected chi connectivity index (χ4v) is 4.90. The predicted molar refractivity (Wildman–Crippen MR) is 134 cm³/mol. The van der Waals surface area contributed by atoms with E-state index in [1.165, 1.54) is 23.1 Å². The summed E-state index contributed by atoms with van der Waals surface area (Å²) in [6.45, 7) is -0.127. The minimum atomic E-state index is -0.568. The number of aromatic nitrogens is 1. The van der Waals surface area contributed by atoms with Gasteiger partial charge in [-0.1, -0.05) is 23.7 Å². The van der Waals surface area contributed by atoms with Gasteiger partial charge in [0.25, 0.3) is 0 Å². The quantitative estimate of drug-likeness (QED) is 0.362. The number of benzene rings is 2. The van der Waals surface area contributed by atoms with Crippen LogP contribution in [0, 0.1) is 5.82 Å². The summed E-state index contributed by atoms with van der Waals surface area (Å²) in [6, 6.07) is 18.2. The predicted octanol–water partition coefficient (Wildman–Crippen LogP) is 6.00. The molecule has 3 amide bonds. The molecule has 2 aliphatic rings. The number of nitrogens with one attached hydrogen (secondary N) is 1. The van der Waals surface area contributed by atoms with Gasteiger partial charge in [-0.05, 0) is 67.4 Å². The van der Waals surface area contributed by atoms with E-state index in [-0.39, 0.29) is 23.5 Å². The first-order valence-corrected chi connectivity index (χ1v) is 12.0. The summed E-state index contributed by atoms with van der Waals surface area (Å²) in [6.07, 6.45) is 5.17. The number of fused-ring (bicyclic) bond motifs is 3. The van der Waals surface area contributed by atoms with Gasteiger partial charge >= 0.3 is 6.03 Å². The highest BCUT2D eigenvalue weighted by molar-refractivity contribution is 6.31. The lowest BCUT2D eigenvalue weighted by Gasteiger charge is -2.38. The van der Waals surface area contributed by atoms with Crippen molar-refractivity contribution < 1.29 is 18.4 Å². The van der Waals surface area contributed by atoms with Crippen molar-refractivity contribution in [1.82, 2.24) is 9.47 Å². The van der Waals surface area contributed by atoms with Gasteiger partial charge in [0.15, 0.2) is 0 Å². The Morgan fingerprint density at radius 2 is 1.86 bits per heavy atom. The van der Waals surface area contributed by atoms with E-state index in [1.807, 2.05) is 48.7 Å². The average Bonchev–Trinajstić information content (AvgIpc) is 3.35. The van der Waals surface area contributed by atoms with E-state index < -0.39 is 17.9 Å². The van der Waals surface area contributed by atoms with Crippen molar-refractivity contribution in [2.24, 2.45) is 0 Å². The molecule has 0 spiro atoms. The van der Waals surface area contributed by atoms with Crippen LogP contribution in [0.2, 0.25) is 5.02 Å². The lowest BCUT2D eigenvalue weighted by Crippen LogP contribution is -2.48. The highest BCUT2D eigenvalue weighted by atomic mass is 35.5. The van der Waals surface area contributed by atoms with Gasteiger partial charge in [0, 0.05) is 17.9 Å². The summed E-state index contributed by atoms with van der Waals surface area (Å²) in [5, 5.41) is 2.66. The van der Waals surface area contributed by atoms with Crippen molar-refractivity contribution >= 4 is 34.9 Å². The molecule has 1 fully saturated rings. The van der Waals surface area contributed by atoms with Crippen LogP contribution in [0.1, 0.15) is 30.3 Å². The summed E-state index contributed by atoms with van der Waals surface area (Å²) in [4.78, 5) is 30.4. The first kappa shape index (κ1) is 22.4. The highest BCUT2D eigenvalue weighted by Gasteiger charge is 2.41. The van der Waals surface area contributed by atoms with Gasteiger partial charge in [0.2, 0.25) is 5.91 Å². The number of hydrogen-bond donors (Lipinski definition) is 1. The molecule has 2 aromatic heterocycles. The minimum absolute atomic E-state index is 0.0455. The molecule has 182 valence electrons. The second-order valence-corrected chi connectivity index (χ2v) is 9.30. The van der Waals surface area contributed by atoms with Crippen molar-refractivity contribution in [2.45, 2.75) is 24.9 Å². The van der Waals surface area contributed by atoms with Crippen LogP contribution >= 0.6 is 11.6 Å². The molecule has 36 heavy (non-hydrogen) atoms. The molecule has 1 atom stereocenters. The van der Waals surface area contributed by atoms with Crippen LogP contribution in [0.5, 0.6) is 0 Å². The molecule has 0 bridgehead atoms. The summed E-state index contributed by atoms with van der Waals surface area (Å²) in [5.41, 5.74) is 2.85. The maximum atomic E-state index is 14.0. The second kappa shape index (κ2) is 8.87. The van der Waals surface area contributed by atoms with Crippen LogP contribution in [0.3, 0.4) is 0 Å². The first-order chi connectivity index (χ1) is 17.5. The number of halogens is 2. The zero-order chi connectivity index (χ0) is 24.8. The molecule has 1 aliphatic carbocycles. The monoisotopic (exact) mass is 504 g/mol. The van der Waals surface area contributed by atoms with E-state index in [0.717, 1.165) is 29.9 Å². The molecule has 9 heteroatoms. The van der Waals surface area contributed by atoms with Gasteiger partial charge in [0.1, 0.15) is 24.2 Å². The Bertz CT molecular complexity index is 1450. The van der Waals surface area contributed by atoms with E-state index in [0.29, 0.717) is 11.4 Å². The molecule has 1 aliphatic heterocycles. The van der Waals surface area contributed by atoms with Gasteiger partial charge in [-0.3, -0.25) is 9.69 Å². The van der Waals surface area contributed by atoms with Gasteiger partial charge < -0.3 is 19.2 Å². The van der Waals surface area contributed by atoms with Crippen molar-refractivity contribution in [3.63, 3.8) is 0 Å². The van der Waals surface area contributed by atoms with Gasteiger partial charge in [-0.2, -0.15) is 0 Å². The van der Waals surface area contributed by atoms with Crippen LogP contribution in [0.25, 0.3) is 5.69 Å². The number of para-hydroxylation sites is 2. The summed E-state index contributed by atoms with van der Waals surface area (Å²) in [7, 11) is 0. The zero-order valence-electron chi connectivity index (χ0n) is 19.1. The molecule has 4 aromatic rings. The Morgan fingerprint density at radius 3 is 2.58 bits per heavy atom. The minimum Gasteiger partial charge on any atom is -0.467 e. The number of carbonyl (C=O) groups excluding carboxylic acids is 2. The largest absolute Gasteiger partial charge is 0.467 e. The highest BCUT2D eigenvalue weighted by Crippen LogP contribution is 2.42. The van der Waals surface area contributed by atoms with Crippen LogP contribution in [0.4, 0.5) is 20.6 Å². The Labute approximate surface area is 211 Å². The number of nitrogens with zero attached hydrogens (tertiary/aromatic N) is 3. The maximum absolute atomic E-state index is 14.0. The van der Waals surface area contributed by atoms with Crippen molar-refractivity contribution in [2.75, 3.05) is 16.8 Å². The number of carbonyl (C=O) groups is 2. The molecule has 2 aromatic carbocycles. The number of furan rings is 1. The molecular formula is C27H22ClFN4O3. The molecule has 0 radical (unpaired) electrons. The SMILES string of the molecule is O=C(Nc1ccc(F)c(Cl)c1)N(CC(=O)N1c2ccccc2-n2cccc2C1c1ccco1)C1CC1. The molecule has 0 saturated heterocycles. The Kier molecular flexibility index (Phi) is 5.53. The molecular weight excluding hydrogens is 483 g/mol. The Hall–Kier alpha value is -4.04. The van der Waals surface area contributed by atoms with E-state index in [2.05, 4.69) is 9.88 Å². The number of anilines is 2. The van der Waals surface area contributed by atoms with Crippen LogP contribution < -0.4 is 10.2 Å². The molecule has 1 unspecified atom stereocenters. The fourth-order valence-electron chi connectivity index (χ4n) is 4.72. The molecule has 3 heterocycles. The molecule has 1 saturated carbocycles. The smallest absolute Gasteiger partial charge is 0.322 e. The lowest BCUT2D eigenvalue weighted by molar-refractivity contribution is -0.119. The molecule has 6 rings (SSSR count).